The highest BCUT2D eigenvalue weighted by Gasteiger charge is 2.27. The third-order valence-electron chi connectivity index (χ3n) is 3.85. The maximum atomic E-state index is 11.1. The van der Waals surface area contributed by atoms with E-state index in [1.165, 1.54) is 0 Å². The molecule has 0 fully saturated rings. The summed E-state index contributed by atoms with van der Waals surface area (Å²) in [4.78, 5) is 13.1. The van der Waals surface area contributed by atoms with Gasteiger partial charge in [0.25, 0.3) is 0 Å². The number of benzene rings is 1. The standard InChI is InChI=1S/C15H13N3O2/c19-15(20)10-5-6-13-14-11-3-1-2-4-12(11)16-18(14)8-7-17(13)9-10/h1-4,6,9H,5,7-8H2,(H,19,20). The molecule has 0 radical (unpaired) electrons. The van der Waals surface area contributed by atoms with E-state index in [-0.39, 0.29) is 0 Å². The van der Waals surface area contributed by atoms with Crippen LogP contribution in [-0.4, -0.2) is 32.3 Å². The predicted octanol–water partition coefficient (Wildman–Crippen LogP) is 2.06. The molecule has 0 spiro atoms. The molecule has 1 aromatic carbocycles. The van der Waals surface area contributed by atoms with Crippen LogP contribution in [0, 0.1) is 0 Å². The van der Waals surface area contributed by atoms with Crippen molar-refractivity contribution in [1.82, 2.24) is 14.7 Å². The van der Waals surface area contributed by atoms with Gasteiger partial charge in [-0.25, -0.2) is 4.79 Å². The molecule has 1 aromatic heterocycles. The molecule has 0 saturated heterocycles. The summed E-state index contributed by atoms with van der Waals surface area (Å²) in [5.41, 5.74) is 3.58. The van der Waals surface area contributed by atoms with Crippen LogP contribution in [0.3, 0.4) is 0 Å². The molecule has 100 valence electrons. The third kappa shape index (κ3) is 1.49. The Morgan fingerprint density at radius 1 is 1.25 bits per heavy atom. The van der Waals surface area contributed by atoms with Crippen LogP contribution in [0.5, 0.6) is 0 Å². The number of allylic oxidation sites excluding steroid dienone is 1. The van der Waals surface area contributed by atoms with E-state index >= 15 is 0 Å². The number of carboxylic acid groups (broad SMARTS) is 1. The molecule has 0 saturated carbocycles. The minimum atomic E-state index is -0.843. The van der Waals surface area contributed by atoms with Crippen LogP contribution in [0.1, 0.15) is 12.1 Å². The topological polar surface area (TPSA) is 58.4 Å². The zero-order valence-corrected chi connectivity index (χ0v) is 10.8. The Morgan fingerprint density at radius 3 is 2.95 bits per heavy atom. The van der Waals surface area contributed by atoms with Gasteiger partial charge in [0.15, 0.2) is 0 Å². The first-order valence-electron chi connectivity index (χ1n) is 6.61. The van der Waals surface area contributed by atoms with Gasteiger partial charge in [-0.1, -0.05) is 24.3 Å². The Kier molecular flexibility index (Phi) is 2.24. The summed E-state index contributed by atoms with van der Waals surface area (Å²) in [6.45, 7) is 1.52. The van der Waals surface area contributed by atoms with Gasteiger partial charge in [-0.2, -0.15) is 5.10 Å². The molecule has 2 aliphatic heterocycles. The lowest BCUT2D eigenvalue weighted by molar-refractivity contribution is -0.132. The molecule has 5 nitrogen and oxygen atoms in total. The van der Waals surface area contributed by atoms with Crippen LogP contribution in [0.25, 0.3) is 16.6 Å². The normalized spacial score (nSPS) is 17.3. The van der Waals surface area contributed by atoms with Crippen LogP contribution < -0.4 is 0 Å². The van der Waals surface area contributed by atoms with Crippen molar-refractivity contribution in [3.63, 3.8) is 0 Å². The molecule has 2 aliphatic rings. The number of aromatic nitrogens is 2. The Balaban J connectivity index is 1.87. The van der Waals surface area contributed by atoms with Gasteiger partial charge in [0.2, 0.25) is 0 Å². The Morgan fingerprint density at radius 2 is 2.10 bits per heavy atom. The van der Waals surface area contributed by atoms with E-state index in [4.69, 9.17) is 5.11 Å². The monoisotopic (exact) mass is 267 g/mol. The van der Waals surface area contributed by atoms with Gasteiger partial charge in [-0.3, -0.25) is 4.68 Å². The van der Waals surface area contributed by atoms with Gasteiger partial charge in [0.05, 0.1) is 29.0 Å². The summed E-state index contributed by atoms with van der Waals surface area (Å²) in [6.07, 6.45) is 4.20. The van der Waals surface area contributed by atoms with Gasteiger partial charge in [0, 0.05) is 24.6 Å². The van der Waals surface area contributed by atoms with E-state index in [0.717, 1.165) is 35.4 Å². The third-order valence-corrected chi connectivity index (χ3v) is 3.85. The van der Waals surface area contributed by atoms with E-state index in [2.05, 4.69) is 11.2 Å². The summed E-state index contributed by atoms with van der Waals surface area (Å²) in [7, 11) is 0. The molecule has 2 aromatic rings. The second kappa shape index (κ2) is 3.96. The molecule has 5 heteroatoms. The molecule has 20 heavy (non-hydrogen) atoms. The van der Waals surface area contributed by atoms with Gasteiger partial charge in [-0.05, 0) is 6.07 Å². The average Bonchev–Trinajstić information content (AvgIpc) is 2.85. The van der Waals surface area contributed by atoms with Crippen molar-refractivity contribution in [3.05, 3.63) is 47.8 Å². The maximum Gasteiger partial charge on any atom is 0.333 e. The van der Waals surface area contributed by atoms with Crippen molar-refractivity contribution >= 4 is 22.6 Å². The number of carboxylic acids is 1. The second-order valence-electron chi connectivity index (χ2n) is 5.04. The Labute approximate surface area is 115 Å². The minimum absolute atomic E-state index is 0.436. The smallest absolute Gasteiger partial charge is 0.333 e. The molecular weight excluding hydrogens is 254 g/mol. The molecule has 0 aliphatic carbocycles. The Bertz CT molecular complexity index is 786. The first-order valence-corrected chi connectivity index (χ1v) is 6.61. The molecule has 1 N–H and O–H groups in total. The number of hydrogen-bond donors (Lipinski definition) is 1. The average molecular weight is 267 g/mol. The van der Waals surface area contributed by atoms with Crippen LogP contribution in [0.2, 0.25) is 0 Å². The van der Waals surface area contributed by atoms with Gasteiger partial charge in [-0.15, -0.1) is 0 Å². The van der Waals surface area contributed by atoms with Crippen LogP contribution >= 0.6 is 0 Å². The molecule has 4 rings (SSSR count). The lowest BCUT2D eigenvalue weighted by Gasteiger charge is -2.32. The van der Waals surface area contributed by atoms with Crippen molar-refractivity contribution in [2.75, 3.05) is 6.54 Å². The fraction of sp³-hybridized carbons (Fsp3) is 0.200. The first-order chi connectivity index (χ1) is 9.74. The fourth-order valence-corrected chi connectivity index (χ4v) is 2.91. The van der Waals surface area contributed by atoms with Crippen molar-refractivity contribution in [2.24, 2.45) is 0 Å². The van der Waals surface area contributed by atoms with E-state index in [9.17, 15) is 4.79 Å². The van der Waals surface area contributed by atoms with Crippen molar-refractivity contribution in [3.8, 4) is 0 Å². The maximum absolute atomic E-state index is 11.1. The first kappa shape index (κ1) is 11.3. The molecule has 3 heterocycles. The summed E-state index contributed by atoms with van der Waals surface area (Å²) in [5, 5.41) is 14.8. The van der Waals surface area contributed by atoms with Crippen molar-refractivity contribution in [2.45, 2.75) is 13.0 Å². The molecule has 0 amide bonds. The zero-order chi connectivity index (χ0) is 13.7. The highest BCUT2D eigenvalue weighted by molar-refractivity contribution is 5.93. The summed E-state index contributed by atoms with van der Waals surface area (Å²) >= 11 is 0. The quantitative estimate of drug-likeness (QED) is 0.859. The van der Waals surface area contributed by atoms with Crippen LogP contribution in [0.15, 0.2) is 42.1 Å². The number of carbonyl (C=O) groups is 1. The van der Waals surface area contributed by atoms with E-state index in [1.54, 1.807) is 6.20 Å². The number of nitrogens with zero attached hydrogens (tertiary/aromatic N) is 3. The van der Waals surface area contributed by atoms with Crippen LogP contribution in [0.4, 0.5) is 0 Å². The number of rotatable bonds is 1. The van der Waals surface area contributed by atoms with E-state index in [1.807, 2.05) is 33.9 Å². The van der Waals surface area contributed by atoms with Crippen molar-refractivity contribution < 1.29 is 9.90 Å². The Hall–Kier alpha value is -2.56. The molecule has 0 bridgehead atoms. The lowest BCUT2D eigenvalue weighted by Crippen LogP contribution is -2.31. The van der Waals surface area contributed by atoms with Crippen molar-refractivity contribution in [1.29, 1.82) is 0 Å². The fourth-order valence-electron chi connectivity index (χ4n) is 2.91. The van der Waals surface area contributed by atoms with Gasteiger partial charge in [0.1, 0.15) is 0 Å². The SMILES string of the molecule is O=C(O)C1=CN2CCn3nc4ccccc4c3C2=CC1. The number of hydrogen-bond acceptors (Lipinski definition) is 3. The summed E-state index contributed by atoms with van der Waals surface area (Å²) in [5.74, 6) is -0.843. The highest BCUT2D eigenvalue weighted by atomic mass is 16.4. The second-order valence-corrected chi connectivity index (χ2v) is 5.04. The molecule has 0 unspecified atom stereocenters. The highest BCUT2D eigenvalue weighted by Crippen LogP contribution is 2.34. The van der Waals surface area contributed by atoms with E-state index < -0.39 is 5.97 Å². The molecule has 0 atom stereocenters. The van der Waals surface area contributed by atoms with Gasteiger partial charge >= 0.3 is 5.97 Å². The number of aliphatic carboxylic acids is 1. The van der Waals surface area contributed by atoms with Crippen LogP contribution in [-0.2, 0) is 11.3 Å². The van der Waals surface area contributed by atoms with E-state index in [0.29, 0.717) is 12.0 Å². The minimum Gasteiger partial charge on any atom is -0.478 e. The summed E-state index contributed by atoms with van der Waals surface area (Å²) in [6, 6.07) is 8.06. The molecular formula is C15H13N3O2. The largest absolute Gasteiger partial charge is 0.478 e. The lowest BCUT2D eigenvalue weighted by atomic mass is 10.0. The predicted molar refractivity (Wildman–Crippen MR) is 74.8 cm³/mol. The zero-order valence-electron chi connectivity index (χ0n) is 10.8. The summed E-state index contributed by atoms with van der Waals surface area (Å²) < 4.78 is 2.02. The number of fused-ring (bicyclic) bond motifs is 5. The van der Waals surface area contributed by atoms with Gasteiger partial charge < -0.3 is 10.0 Å².